The fraction of sp³-hybridized carbons (Fsp3) is 0.457. The van der Waals surface area contributed by atoms with Crippen molar-refractivity contribution in [2.24, 2.45) is 5.92 Å². The van der Waals surface area contributed by atoms with Crippen molar-refractivity contribution in [3.8, 4) is 0 Å². The molecule has 2 N–H and O–H groups in total. The number of H-pyrrole nitrogens is 1. The summed E-state index contributed by atoms with van der Waals surface area (Å²) >= 11 is 0. The molecule has 0 saturated carbocycles. The van der Waals surface area contributed by atoms with Crippen LogP contribution in [0.25, 0.3) is 33.1 Å². The number of fused-ring (bicyclic) bond motifs is 4. The molecule has 0 aliphatic carbocycles. The van der Waals surface area contributed by atoms with Gasteiger partial charge in [0.15, 0.2) is 11.4 Å². The number of para-hydroxylation sites is 2. The van der Waals surface area contributed by atoms with E-state index in [0.29, 0.717) is 50.6 Å². The molecule has 14 heteroatoms. The lowest BCUT2D eigenvalue weighted by molar-refractivity contribution is -0.138. The van der Waals surface area contributed by atoms with Crippen LogP contribution in [0.4, 0.5) is 19.0 Å². The number of hydrogen-bond donors (Lipinski definition) is 2. The van der Waals surface area contributed by atoms with E-state index >= 15 is 8.78 Å². The number of carbonyl (C=O) groups is 2. The fourth-order valence-electron chi connectivity index (χ4n) is 7.45. The van der Waals surface area contributed by atoms with E-state index in [9.17, 15) is 23.9 Å². The summed E-state index contributed by atoms with van der Waals surface area (Å²) in [6.45, 7) is 3.33. The highest BCUT2D eigenvalue weighted by atomic mass is 19.3. The molecule has 2 aromatic carbocycles. The molecule has 2 saturated heterocycles. The predicted octanol–water partition coefficient (Wildman–Crippen LogP) is 6.36. The number of piperidine rings is 1. The molecule has 49 heavy (non-hydrogen) atoms. The molecule has 11 nitrogen and oxygen atoms in total. The molecule has 0 spiro atoms. The molecule has 3 atom stereocenters. The topological polar surface area (TPSA) is 138 Å². The number of aromatic nitrogens is 4. The number of aromatic amines is 1. The number of carboxylic acids is 1. The van der Waals surface area contributed by atoms with Crippen molar-refractivity contribution in [3.05, 3.63) is 64.6 Å². The van der Waals surface area contributed by atoms with E-state index in [2.05, 4.69) is 15.0 Å². The Kier molecular flexibility index (Phi) is 8.57. The molecular formula is C35H37F3N6O5. The van der Waals surface area contributed by atoms with Crippen LogP contribution in [-0.2, 0) is 15.5 Å². The van der Waals surface area contributed by atoms with Crippen LogP contribution in [0.1, 0.15) is 70.2 Å². The predicted molar refractivity (Wildman–Crippen MR) is 176 cm³/mol. The van der Waals surface area contributed by atoms with E-state index in [1.165, 1.54) is 17.0 Å². The van der Waals surface area contributed by atoms with Crippen molar-refractivity contribution in [1.82, 2.24) is 24.4 Å². The van der Waals surface area contributed by atoms with Gasteiger partial charge in [-0.15, -0.1) is 0 Å². The summed E-state index contributed by atoms with van der Waals surface area (Å²) in [6.07, 6.45) is 2.07. The van der Waals surface area contributed by atoms with Gasteiger partial charge in [-0.05, 0) is 62.3 Å². The Morgan fingerprint density at radius 2 is 1.90 bits per heavy atom. The lowest BCUT2D eigenvalue weighted by Gasteiger charge is -2.37. The number of hydrogen-bond acceptors (Lipinski definition) is 7. The number of aliphatic carboxylic acids is 1. The number of likely N-dealkylation sites (tertiary alicyclic amines) is 1. The Morgan fingerprint density at radius 3 is 2.69 bits per heavy atom. The van der Waals surface area contributed by atoms with Crippen molar-refractivity contribution in [2.45, 2.75) is 76.3 Å². The number of imidazole rings is 1. The summed E-state index contributed by atoms with van der Waals surface area (Å²) in [4.78, 5) is 52.2. The first-order chi connectivity index (χ1) is 23.5. The maximum Gasteiger partial charge on any atom is 0.326 e. The Morgan fingerprint density at radius 1 is 1.08 bits per heavy atom. The van der Waals surface area contributed by atoms with Crippen LogP contribution in [0.2, 0.25) is 0 Å². The van der Waals surface area contributed by atoms with Crippen LogP contribution >= 0.6 is 0 Å². The number of anilines is 1. The molecule has 1 amide bonds. The molecule has 2 fully saturated rings. The maximum absolute atomic E-state index is 15.7. The Balaban J connectivity index is 0.990. The van der Waals surface area contributed by atoms with Crippen LogP contribution in [0, 0.1) is 11.7 Å². The van der Waals surface area contributed by atoms with Crippen molar-refractivity contribution in [2.75, 3.05) is 24.5 Å². The molecule has 2 aliphatic rings. The van der Waals surface area contributed by atoms with E-state index < -0.39 is 36.0 Å². The monoisotopic (exact) mass is 678 g/mol. The summed E-state index contributed by atoms with van der Waals surface area (Å²) in [7, 11) is 0. The van der Waals surface area contributed by atoms with Crippen LogP contribution in [-0.4, -0.2) is 67.1 Å². The maximum atomic E-state index is 15.7. The Hall–Kier alpha value is -4.88. The first-order valence-corrected chi connectivity index (χ1v) is 16.8. The first-order valence-electron chi connectivity index (χ1n) is 16.8. The number of benzene rings is 2. The van der Waals surface area contributed by atoms with E-state index in [4.69, 9.17) is 4.42 Å². The van der Waals surface area contributed by atoms with Gasteiger partial charge < -0.3 is 24.3 Å². The van der Waals surface area contributed by atoms with Gasteiger partial charge in [-0.25, -0.2) is 23.9 Å². The third-order valence-corrected chi connectivity index (χ3v) is 9.95. The number of nitrogens with one attached hydrogen (secondary N) is 1. The van der Waals surface area contributed by atoms with Gasteiger partial charge >= 0.3 is 17.6 Å². The summed E-state index contributed by atoms with van der Waals surface area (Å²) in [5.74, 6) is -5.90. The van der Waals surface area contributed by atoms with Gasteiger partial charge in [-0.1, -0.05) is 25.5 Å². The summed E-state index contributed by atoms with van der Waals surface area (Å²) in [5, 5.41) is 10.1. The van der Waals surface area contributed by atoms with Crippen LogP contribution in [0.5, 0.6) is 0 Å². The average Bonchev–Trinajstić information content (AvgIpc) is 3.79. The van der Waals surface area contributed by atoms with E-state index in [1.807, 2.05) is 31.2 Å². The average molecular weight is 679 g/mol. The first kappa shape index (κ1) is 32.7. The number of nitrogens with zero attached hydrogens (tertiary/aromatic N) is 5. The second-order valence-corrected chi connectivity index (χ2v) is 13.2. The number of rotatable bonds is 10. The van der Waals surface area contributed by atoms with Gasteiger partial charge in [0.05, 0.1) is 11.0 Å². The van der Waals surface area contributed by atoms with Gasteiger partial charge in [-0.2, -0.15) is 8.78 Å². The minimum Gasteiger partial charge on any atom is -0.480 e. The number of amides is 1. The highest BCUT2D eigenvalue weighted by Crippen LogP contribution is 2.40. The highest BCUT2D eigenvalue weighted by molar-refractivity contribution is 6.06. The van der Waals surface area contributed by atoms with Crippen LogP contribution < -0.4 is 10.6 Å². The van der Waals surface area contributed by atoms with Crippen molar-refractivity contribution in [1.29, 1.82) is 0 Å². The second-order valence-electron chi connectivity index (χ2n) is 13.2. The number of unbranched alkanes of at least 4 members (excludes halogenated alkanes) is 2. The van der Waals surface area contributed by atoms with Gasteiger partial charge in [0.1, 0.15) is 23.0 Å². The molecule has 0 radical (unpaired) electrons. The lowest BCUT2D eigenvalue weighted by atomic mass is 9.93. The summed E-state index contributed by atoms with van der Waals surface area (Å²) in [5.41, 5.74) is 1.68. The quantitative estimate of drug-likeness (QED) is 0.163. The molecule has 3 aromatic heterocycles. The van der Waals surface area contributed by atoms with Gasteiger partial charge in [0, 0.05) is 50.0 Å². The van der Waals surface area contributed by atoms with Crippen molar-refractivity contribution >= 4 is 50.8 Å². The molecule has 7 rings (SSSR count). The Labute approximate surface area is 278 Å². The highest BCUT2D eigenvalue weighted by Gasteiger charge is 2.40. The third kappa shape index (κ3) is 6.12. The lowest BCUT2D eigenvalue weighted by Crippen LogP contribution is -2.44. The van der Waals surface area contributed by atoms with Gasteiger partial charge in [0.25, 0.3) is 0 Å². The normalized spacial score (nSPS) is 20.2. The number of alkyl halides is 2. The molecule has 5 heterocycles. The molecular weight excluding hydrogens is 641 g/mol. The zero-order chi connectivity index (χ0) is 34.4. The molecule has 2 aliphatic heterocycles. The summed E-state index contributed by atoms with van der Waals surface area (Å²) < 4.78 is 53.0. The molecule has 258 valence electrons. The third-order valence-electron chi connectivity index (χ3n) is 9.95. The zero-order valence-electron chi connectivity index (χ0n) is 27.0. The summed E-state index contributed by atoms with van der Waals surface area (Å²) in [6, 6.07) is 10.2. The smallest absolute Gasteiger partial charge is 0.326 e. The minimum absolute atomic E-state index is 0.0383. The zero-order valence-corrected chi connectivity index (χ0v) is 27.0. The standard InChI is InChI=1S/C35H37F3N6O5/c1-20-19-42(17-14-24(20)44-25-9-5-4-8-23(25)39-34(44)48)28(45)11-3-2-6-15-35(37,38)33-40-29-22-13-12-21(36)18-27(22)49-30(29)31(41-33)43-16-7-10-26(43)32(46)47/h4-5,8-9,12-13,18,20,24,26H,2-3,6-7,10-11,14-17,19H2,1H3,(H,39,48)(H,46,47)/t20-,24-,26-/m0/s1. The molecule has 0 bridgehead atoms. The van der Waals surface area contributed by atoms with Crippen LogP contribution in [0.15, 0.2) is 51.7 Å². The van der Waals surface area contributed by atoms with Gasteiger partial charge in [-0.3, -0.25) is 9.36 Å². The van der Waals surface area contributed by atoms with Gasteiger partial charge in [0.2, 0.25) is 11.7 Å². The largest absolute Gasteiger partial charge is 0.480 e. The SMILES string of the molecule is C[C@H]1CN(C(=O)CCCCCC(F)(F)c2nc(N3CCC[C@H]3C(=O)O)c3oc4cc(F)ccc4c3n2)CC[C@@H]1n1c(=O)[nH]c2ccccc21. The van der Waals surface area contributed by atoms with E-state index in [0.717, 1.165) is 17.1 Å². The molecule has 5 aromatic rings. The van der Waals surface area contributed by atoms with Crippen molar-refractivity contribution < 1.29 is 32.3 Å². The minimum atomic E-state index is -3.45. The van der Waals surface area contributed by atoms with E-state index in [-0.39, 0.29) is 65.4 Å². The second kappa shape index (κ2) is 12.9. The fourth-order valence-corrected chi connectivity index (χ4v) is 7.45. The van der Waals surface area contributed by atoms with E-state index in [1.54, 1.807) is 9.47 Å². The van der Waals surface area contributed by atoms with Crippen LogP contribution in [0.3, 0.4) is 0 Å². The number of halogens is 3. The number of furan rings is 1. The Bertz CT molecular complexity index is 2110. The van der Waals surface area contributed by atoms with Crippen molar-refractivity contribution in [3.63, 3.8) is 0 Å². The molecule has 0 unspecified atom stereocenters. The number of carboxylic acid groups (broad SMARTS) is 1. The number of carbonyl (C=O) groups excluding carboxylic acids is 1.